The van der Waals surface area contributed by atoms with Crippen LogP contribution in [0.2, 0.25) is 0 Å². The van der Waals surface area contributed by atoms with Crippen LogP contribution < -0.4 is 0 Å². The second kappa shape index (κ2) is 11.6. The first-order valence-electron chi connectivity index (χ1n) is 17.3. The quantitative estimate of drug-likeness (QED) is 0.169. The number of rotatable bonds is 4. The topological polar surface area (TPSA) is 0 Å². The molecule has 0 nitrogen and oxygen atoms in total. The Morgan fingerprint density at radius 2 is 0.680 bits per heavy atom. The average Bonchev–Trinajstić information content (AvgIpc) is 3.19. The molecule has 0 saturated heterocycles. The van der Waals surface area contributed by atoms with Gasteiger partial charge in [0, 0.05) is 0 Å². The van der Waals surface area contributed by atoms with Gasteiger partial charge in [-0.2, -0.15) is 0 Å². The molecule has 0 atom stereocenters. The molecule has 10 aromatic rings. The highest BCUT2D eigenvalue weighted by atomic mass is 14.2. The first-order chi connectivity index (χ1) is 24.8. The highest BCUT2D eigenvalue weighted by Gasteiger charge is 2.17. The van der Waals surface area contributed by atoms with Gasteiger partial charge in [-0.15, -0.1) is 0 Å². The van der Waals surface area contributed by atoms with E-state index in [1.807, 2.05) is 0 Å². The van der Waals surface area contributed by atoms with Gasteiger partial charge < -0.3 is 0 Å². The smallest absolute Gasteiger partial charge is 0.00928 e. The van der Waals surface area contributed by atoms with Crippen LogP contribution in [0.25, 0.3) is 98.4 Å². The molecule has 0 amide bonds. The molecule has 0 aliphatic carbocycles. The van der Waals surface area contributed by atoms with Gasteiger partial charge in [-0.1, -0.05) is 176 Å². The average molecular weight is 633 g/mol. The summed E-state index contributed by atoms with van der Waals surface area (Å²) < 4.78 is 0. The Hall–Kier alpha value is -6.50. The summed E-state index contributed by atoms with van der Waals surface area (Å²) in [6, 6.07) is 71.5. The van der Waals surface area contributed by atoms with Gasteiger partial charge in [-0.25, -0.2) is 0 Å². The van der Waals surface area contributed by atoms with Gasteiger partial charge in [0.25, 0.3) is 0 Å². The monoisotopic (exact) mass is 632 g/mol. The summed E-state index contributed by atoms with van der Waals surface area (Å²) in [6.07, 6.45) is 0. The predicted molar refractivity (Wildman–Crippen MR) is 216 cm³/mol. The fourth-order valence-corrected chi connectivity index (χ4v) is 8.06. The summed E-state index contributed by atoms with van der Waals surface area (Å²) in [5, 5.41) is 12.6. The minimum atomic E-state index is 1.22. The summed E-state index contributed by atoms with van der Waals surface area (Å²) in [4.78, 5) is 0. The molecule has 10 aromatic carbocycles. The van der Waals surface area contributed by atoms with Crippen molar-refractivity contribution in [2.24, 2.45) is 0 Å². The van der Waals surface area contributed by atoms with Crippen LogP contribution in [-0.4, -0.2) is 0 Å². The van der Waals surface area contributed by atoms with Gasteiger partial charge in [0.1, 0.15) is 0 Å². The zero-order valence-electron chi connectivity index (χ0n) is 27.5. The Labute approximate surface area is 291 Å². The number of benzene rings is 10. The van der Waals surface area contributed by atoms with Crippen LogP contribution in [0.4, 0.5) is 0 Å². The molecule has 0 heterocycles. The van der Waals surface area contributed by atoms with E-state index in [0.29, 0.717) is 0 Å². The van der Waals surface area contributed by atoms with Crippen LogP contribution in [0.5, 0.6) is 0 Å². The molecular formula is C50H32. The summed E-state index contributed by atoms with van der Waals surface area (Å²) in [7, 11) is 0. The Morgan fingerprint density at radius 3 is 1.42 bits per heavy atom. The van der Waals surface area contributed by atoms with E-state index in [1.165, 1.54) is 98.4 Å². The van der Waals surface area contributed by atoms with Crippen molar-refractivity contribution >= 4 is 53.9 Å². The Morgan fingerprint density at radius 1 is 0.180 bits per heavy atom. The Bertz CT molecular complexity index is 2900. The maximum absolute atomic E-state index is 2.43. The third-order valence-electron chi connectivity index (χ3n) is 10.5. The molecule has 0 aliphatic heterocycles. The SMILES string of the molecule is c1ccc(-c2cc(-c3ccc(-c4cccc5ccccc45)c4ccc(-c5cccc6ccccc56)cc34)c3ccc4ccccc4c3c2)cc1. The summed E-state index contributed by atoms with van der Waals surface area (Å²) in [6.45, 7) is 0. The standard InChI is InChI=1S/C50H32/c1-2-12-33(13-3-1)38-31-48-41-21-9-6-16-36(41)24-26-46(48)50(32-38)47-29-28-44(43-23-11-18-35-15-5-8-20-40(35)43)45-27-25-37(30-49(45)47)42-22-10-17-34-14-4-7-19-39(34)42/h1-32H. The van der Waals surface area contributed by atoms with E-state index in [0.717, 1.165) is 0 Å². The molecule has 0 N–H and O–H groups in total. The van der Waals surface area contributed by atoms with Crippen molar-refractivity contribution in [2.75, 3.05) is 0 Å². The molecule has 0 unspecified atom stereocenters. The molecule has 0 bridgehead atoms. The van der Waals surface area contributed by atoms with Gasteiger partial charge >= 0.3 is 0 Å². The molecular weight excluding hydrogens is 601 g/mol. The lowest BCUT2D eigenvalue weighted by Crippen LogP contribution is -1.91. The zero-order valence-corrected chi connectivity index (χ0v) is 27.5. The van der Waals surface area contributed by atoms with Crippen molar-refractivity contribution in [3.8, 4) is 44.5 Å². The molecule has 232 valence electrons. The summed E-state index contributed by atoms with van der Waals surface area (Å²) >= 11 is 0. The number of hydrogen-bond acceptors (Lipinski definition) is 0. The lowest BCUT2D eigenvalue weighted by Gasteiger charge is -2.18. The van der Waals surface area contributed by atoms with Crippen molar-refractivity contribution in [3.05, 3.63) is 194 Å². The van der Waals surface area contributed by atoms with Crippen LogP contribution in [0.1, 0.15) is 0 Å². The highest BCUT2D eigenvalue weighted by Crippen LogP contribution is 2.44. The van der Waals surface area contributed by atoms with E-state index in [2.05, 4.69) is 194 Å². The molecule has 0 aliphatic rings. The first kappa shape index (κ1) is 28.5. The van der Waals surface area contributed by atoms with Gasteiger partial charge in [-0.05, 0) is 117 Å². The molecule has 0 aromatic heterocycles. The lowest BCUT2D eigenvalue weighted by atomic mass is 9.85. The van der Waals surface area contributed by atoms with Crippen LogP contribution in [0, 0.1) is 0 Å². The molecule has 0 heteroatoms. The predicted octanol–water partition coefficient (Wildman–Crippen LogP) is 14.1. The fraction of sp³-hybridized carbons (Fsp3) is 0. The minimum Gasteiger partial charge on any atom is -0.0622 e. The summed E-state index contributed by atoms with van der Waals surface area (Å²) in [5.41, 5.74) is 9.91. The van der Waals surface area contributed by atoms with Crippen LogP contribution in [0.3, 0.4) is 0 Å². The molecule has 0 fully saturated rings. The van der Waals surface area contributed by atoms with Gasteiger partial charge in [0.2, 0.25) is 0 Å². The van der Waals surface area contributed by atoms with Crippen LogP contribution in [-0.2, 0) is 0 Å². The maximum Gasteiger partial charge on any atom is -0.00928 e. The third-order valence-corrected chi connectivity index (χ3v) is 10.5. The fourth-order valence-electron chi connectivity index (χ4n) is 8.06. The molecule has 10 rings (SSSR count). The first-order valence-corrected chi connectivity index (χ1v) is 17.3. The van der Waals surface area contributed by atoms with Gasteiger partial charge in [-0.3, -0.25) is 0 Å². The van der Waals surface area contributed by atoms with Crippen molar-refractivity contribution in [3.63, 3.8) is 0 Å². The van der Waals surface area contributed by atoms with E-state index in [9.17, 15) is 0 Å². The van der Waals surface area contributed by atoms with Crippen LogP contribution in [0.15, 0.2) is 194 Å². The molecule has 0 saturated carbocycles. The van der Waals surface area contributed by atoms with E-state index in [4.69, 9.17) is 0 Å². The molecule has 50 heavy (non-hydrogen) atoms. The number of hydrogen-bond donors (Lipinski definition) is 0. The van der Waals surface area contributed by atoms with E-state index in [-0.39, 0.29) is 0 Å². The van der Waals surface area contributed by atoms with Crippen LogP contribution >= 0.6 is 0 Å². The Balaban J connectivity index is 1.32. The second-order valence-corrected chi connectivity index (χ2v) is 13.2. The van der Waals surface area contributed by atoms with Crippen molar-refractivity contribution in [1.82, 2.24) is 0 Å². The molecule has 0 radical (unpaired) electrons. The maximum atomic E-state index is 2.43. The van der Waals surface area contributed by atoms with Gasteiger partial charge in [0.05, 0.1) is 0 Å². The van der Waals surface area contributed by atoms with E-state index in [1.54, 1.807) is 0 Å². The lowest BCUT2D eigenvalue weighted by molar-refractivity contribution is 1.63. The Kier molecular flexibility index (Phi) is 6.60. The van der Waals surface area contributed by atoms with Crippen molar-refractivity contribution in [2.45, 2.75) is 0 Å². The van der Waals surface area contributed by atoms with Crippen molar-refractivity contribution < 1.29 is 0 Å². The highest BCUT2D eigenvalue weighted by molar-refractivity contribution is 6.18. The van der Waals surface area contributed by atoms with E-state index < -0.39 is 0 Å². The zero-order chi connectivity index (χ0) is 33.0. The van der Waals surface area contributed by atoms with Gasteiger partial charge in [0.15, 0.2) is 0 Å². The third kappa shape index (κ3) is 4.61. The molecule has 0 spiro atoms. The van der Waals surface area contributed by atoms with Crippen molar-refractivity contribution in [1.29, 1.82) is 0 Å². The normalized spacial score (nSPS) is 11.6. The summed E-state index contributed by atoms with van der Waals surface area (Å²) in [5.74, 6) is 0. The van der Waals surface area contributed by atoms with E-state index >= 15 is 0 Å². The second-order valence-electron chi connectivity index (χ2n) is 13.2. The minimum absolute atomic E-state index is 1.22. The number of fused-ring (bicyclic) bond motifs is 6. The largest absolute Gasteiger partial charge is 0.0622 e.